The van der Waals surface area contributed by atoms with E-state index in [2.05, 4.69) is 0 Å². The van der Waals surface area contributed by atoms with Gasteiger partial charge < -0.3 is 4.74 Å². The number of benzene rings is 1. The summed E-state index contributed by atoms with van der Waals surface area (Å²) in [6.07, 6.45) is 1.05. The third-order valence-electron chi connectivity index (χ3n) is 3.20. The van der Waals surface area contributed by atoms with Gasteiger partial charge in [-0.25, -0.2) is 0 Å². The first-order valence-corrected chi connectivity index (χ1v) is 6.92. The molecule has 0 fully saturated rings. The van der Waals surface area contributed by atoms with Crippen LogP contribution in [0.4, 0.5) is 0 Å². The molecule has 0 bridgehead atoms. The van der Waals surface area contributed by atoms with E-state index in [-0.39, 0.29) is 22.7 Å². The number of hydrogen-bond donors (Lipinski definition) is 0. The molecule has 0 radical (unpaired) electrons. The fourth-order valence-corrected chi connectivity index (χ4v) is 2.43. The van der Waals surface area contributed by atoms with Crippen molar-refractivity contribution in [2.75, 3.05) is 0 Å². The number of carbonyl (C=O) groups is 2. The van der Waals surface area contributed by atoms with E-state index in [4.69, 9.17) is 16.3 Å². The van der Waals surface area contributed by atoms with Gasteiger partial charge in [-0.3, -0.25) is 9.59 Å². The summed E-state index contributed by atoms with van der Waals surface area (Å²) in [5.41, 5.74) is 0.647. The molecule has 0 unspecified atom stereocenters. The first kappa shape index (κ1) is 14.8. The predicted molar refractivity (Wildman–Crippen MR) is 77.1 cm³/mol. The molecule has 20 heavy (non-hydrogen) atoms. The standard InChI is InChI=1S/C16H17ClO3/c1-16(2)9-12(18)15(17)13(10-16)20-14(19)8-11-6-4-3-5-7-11/h3-7H,8-10H2,1-2H3. The molecule has 1 aromatic carbocycles. The quantitative estimate of drug-likeness (QED) is 0.799. The summed E-state index contributed by atoms with van der Waals surface area (Å²) in [5, 5.41) is 0.0609. The lowest BCUT2D eigenvalue weighted by molar-refractivity contribution is -0.139. The molecule has 0 aliphatic heterocycles. The number of ether oxygens (including phenoxy) is 1. The van der Waals surface area contributed by atoms with E-state index < -0.39 is 5.97 Å². The molecule has 1 aromatic rings. The Balaban J connectivity index is 2.07. The van der Waals surface area contributed by atoms with Gasteiger partial charge in [0.05, 0.1) is 6.42 Å². The van der Waals surface area contributed by atoms with Crippen LogP contribution in [-0.2, 0) is 20.7 Å². The summed E-state index contributed by atoms with van der Waals surface area (Å²) in [7, 11) is 0. The maximum atomic E-state index is 11.9. The van der Waals surface area contributed by atoms with Crippen LogP contribution < -0.4 is 0 Å². The van der Waals surface area contributed by atoms with Crippen LogP contribution >= 0.6 is 11.6 Å². The van der Waals surface area contributed by atoms with Crippen LogP contribution in [0.1, 0.15) is 32.3 Å². The van der Waals surface area contributed by atoms with Crippen molar-refractivity contribution in [1.29, 1.82) is 0 Å². The van der Waals surface area contributed by atoms with Crippen LogP contribution in [0, 0.1) is 5.41 Å². The van der Waals surface area contributed by atoms with Gasteiger partial charge in [-0.15, -0.1) is 0 Å². The molecule has 0 heterocycles. The fourth-order valence-electron chi connectivity index (χ4n) is 2.26. The Morgan fingerprint density at radius 1 is 1.25 bits per heavy atom. The van der Waals surface area contributed by atoms with Crippen molar-refractivity contribution in [2.45, 2.75) is 33.1 Å². The average Bonchev–Trinajstić information content (AvgIpc) is 2.35. The maximum absolute atomic E-state index is 11.9. The lowest BCUT2D eigenvalue weighted by atomic mass is 9.79. The van der Waals surface area contributed by atoms with E-state index >= 15 is 0 Å². The Bertz CT molecular complexity index is 558. The SMILES string of the molecule is CC1(C)CC(=O)C(Cl)=C(OC(=O)Cc2ccccc2)C1. The van der Waals surface area contributed by atoms with Crippen molar-refractivity contribution in [3.8, 4) is 0 Å². The van der Waals surface area contributed by atoms with Gasteiger partial charge in [-0.05, 0) is 11.0 Å². The zero-order valence-corrected chi connectivity index (χ0v) is 12.4. The van der Waals surface area contributed by atoms with Gasteiger partial charge in [0.25, 0.3) is 0 Å². The molecule has 0 spiro atoms. The highest BCUT2D eigenvalue weighted by atomic mass is 35.5. The molecule has 4 heteroatoms. The van der Waals surface area contributed by atoms with E-state index in [0.29, 0.717) is 18.6 Å². The molecule has 0 amide bonds. The van der Waals surface area contributed by atoms with Gasteiger partial charge in [0, 0.05) is 12.8 Å². The van der Waals surface area contributed by atoms with Gasteiger partial charge in [0.1, 0.15) is 10.8 Å². The minimum atomic E-state index is -0.394. The van der Waals surface area contributed by atoms with Crippen molar-refractivity contribution in [3.05, 3.63) is 46.7 Å². The van der Waals surface area contributed by atoms with Crippen LogP contribution in [0.15, 0.2) is 41.1 Å². The van der Waals surface area contributed by atoms with E-state index in [1.165, 1.54) is 0 Å². The predicted octanol–water partition coefficient (Wildman–Crippen LogP) is 3.61. The van der Waals surface area contributed by atoms with Gasteiger partial charge in [0.2, 0.25) is 0 Å². The minimum absolute atomic E-state index is 0.0609. The third kappa shape index (κ3) is 3.70. The molecule has 106 valence electrons. The largest absolute Gasteiger partial charge is 0.429 e. The normalized spacial score (nSPS) is 18.1. The first-order chi connectivity index (χ1) is 9.37. The number of esters is 1. The highest BCUT2D eigenvalue weighted by Gasteiger charge is 2.34. The Morgan fingerprint density at radius 2 is 1.90 bits per heavy atom. The van der Waals surface area contributed by atoms with Crippen molar-refractivity contribution in [1.82, 2.24) is 0 Å². The van der Waals surface area contributed by atoms with Crippen LogP contribution in [0.2, 0.25) is 0 Å². The van der Waals surface area contributed by atoms with E-state index in [1.54, 1.807) is 0 Å². The van der Waals surface area contributed by atoms with Gasteiger partial charge in [0.15, 0.2) is 5.78 Å². The molecule has 2 rings (SSSR count). The van der Waals surface area contributed by atoms with Crippen LogP contribution in [-0.4, -0.2) is 11.8 Å². The lowest BCUT2D eigenvalue weighted by Crippen LogP contribution is -2.26. The molecule has 0 aromatic heterocycles. The van der Waals surface area contributed by atoms with Crippen molar-refractivity contribution >= 4 is 23.4 Å². The number of Topliss-reactive ketones (excluding diaryl/α,β-unsaturated/α-hetero) is 1. The Morgan fingerprint density at radius 3 is 2.55 bits per heavy atom. The Labute approximate surface area is 123 Å². The number of carbonyl (C=O) groups excluding carboxylic acids is 2. The zero-order chi connectivity index (χ0) is 14.8. The summed E-state index contributed by atoms with van der Waals surface area (Å²) in [5.74, 6) is -0.255. The van der Waals surface area contributed by atoms with Crippen LogP contribution in [0.3, 0.4) is 0 Å². The zero-order valence-electron chi connectivity index (χ0n) is 11.6. The smallest absolute Gasteiger partial charge is 0.315 e. The molecule has 1 aliphatic carbocycles. The van der Waals surface area contributed by atoms with Crippen molar-refractivity contribution < 1.29 is 14.3 Å². The average molecular weight is 293 g/mol. The van der Waals surface area contributed by atoms with Crippen LogP contribution in [0.25, 0.3) is 0 Å². The van der Waals surface area contributed by atoms with Gasteiger partial charge in [-0.1, -0.05) is 55.8 Å². The second kappa shape index (κ2) is 5.80. The number of hydrogen-bond acceptors (Lipinski definition) is 3. The molecule has 3 nitrogen and oxygen atoms in total. The van der Waals surface area contributed by atoms with E-state index in [9.17, 15) is 9.59 Å². The lowest BCUT2D eigenvalue weighted by Gasteiger charge is -2.29. The topological polar surface area (TPSA) is 43.4 Å². The highest BCUT2D eigenvalue weighted by Crippen LogP contribution is 2.38. The molecule has 0 N–H and O–H groups in total. The summed E-state index contributed by atoms with van der Waals surface area (Å²) >= 11 is 5.96. The number of rotatable bonds is 3. The summed E-state index contributed by atoms with van der Waals surface area (Å²) in [4.78, 5) is 23.7. The molecular formula is C16H17ClO3. The molecule has 1 aliphatic rings. The van der Waals surface area contributed by atoms with E-state index in [0.717, 1.165) is 5.56 Å². The monoisotopic (exact) mass is 292 g/mol. The minimum Gasteiger partial charge on any atom is -0.429 e. The van der Waals surface area contributed by atoms with Gasteiger partial charge >= 0.3 is 5.97 Å². The molecule has 0 atom stereocenters. The second-order valence-corrected chi connectivity index (χ2v) is 6.19. The second-order valence-electron chi connectivity index (χ2n) is 5.81. The Hall–Kier alpha value is -1.61. The highest BCUT2D eigenvalue weighted by molar-refractivity contribution is 6.43. The Kier molecular flexibility index (Phi) is 4.29. The molecular weight excluding hydrogens is 276 g/mol. The summed E-state index contributed by atoms with van der Waals surface area (Å²) < 4.78 is 5.30. The van der Waals surface area contributed by atoms with Gasteiger partial charge in [-0.2, -0.15) is 0 Å². The molecule has 0 saturated carbocycles. The molecule has 0 saturated heterocycles. The number of allylic oxidation sites excluding steroid dienone is 2. The van der Waals surface area contributed by atoms with Crippen molar-refractivity contribution in [2.24, 2.45) is 5.41 Å². The van der Waals surface area contributed by atoms with Crippen LogP contribution in [0.5, 0.6) is 0 Å². The van der Waals surface area contributed by atoms with E-state index in [1.807, 2.05) is 44.2 Å². The van der Waals surface area contributed by atoms with Crippen molar-refractivity contribution in [3.63, 3.8) is 0 Å². The third-order valence-corrected chi connectivity index (χ3v) is 3.62. The number of ketones is 1. The fraction of sp³-hybridized carbons (Fsp3) is 0.375. The first-order valence-electron chi connectivity index (χ1n) is 6.54. The maximum Gasteiger partial charge on any atom is 0.315 e. The number of halogens is 1. The summed E-state index contributed by atoms with van der Waals surface area (Å²) in [6, 6.07) is 9.32. The summed E-state index contributed by atoms with van der Waals surface area (Å²) in [6.45, 7) is 3.92.